The van der Waals surface area contributed by atoms with Gasteiger partial charge in [0.05, 0.1) is 11.4 Å². The molecule has 3 heterocycles. The van der Waals surface area contributed by atoms with Crippen LogP contribution in [0.25, 0.3) is 44.1 Å². The Labute approximate surface area is 254 Å². The third kappa shape index (κ3) is 4.98. The highest BCUT2D eigenvalue weighted by atomic mass is 28.3. The number of aromatic nitrogens is 2. The van der Waals surface area contributed by atoms with Gasteiger partial charge < -0.3 is 0 Å². The first-order valence-corrected chi connectivity index (χ1v) is 17.8. The first kappa shape index (κ1) is 26.8. The minimum absolute atomic E-state index is 0.992. The maximum Gasteiger partial charge on any atom is 0.115 e. The van der Waals surface area contributed by atoms with Crippen LogP contribution in [0.1, 0.15) is 22.3 Å². The fourth-order valence-electron chi connectivity index (χ4n) is 6.48. The number of rotatable bonds is 6. The molecule has 206 valence electrons. The second-order valence-electron chi connectivity index (χ2n) is 11.4. The number of nitrogens with zero attached hydrogens (tertiary/aromatic N) is 2. The van der Waals surface area contributed by atoms with Gasteiger partial charge in [-0.15, -0.1) is 0 Å². The summed E-state index contributed by atoms with van der Waals surface area (Å²) in [4.78, 5) is 9.17. The molecule has 1 aliphatic rings. The lowest BCUT2D eigenvalue weighted by Crippen LogP contribution is -2.28. The molecule has 2 nitrogen and oxygen atoms in total. The summed E-state index contributed by atoms with van der Waals surface area (Å²) >= 11 is 0. The van der Waals surface area contributed by atoms with Gasteiger partial charge in [0.25, 0.3) is 0 Å². The van der Waals surface area contributed by atoms with E-state index in [-0.39, 0.29) is 0 Å². The van der Waals surface area contributed by atoms with Gasteiger partial charge in [0, 0.05) is 23.5 Å². The standard InChI is InChI=1S/C40H32N2Si/c1-43(2)39(33-23-19-29(20-24-33)35-17-9-11-27-41-35)37(31-13-5-3-6-14-31)38(32-15-7-4-8-16-32)40(43)34-25-21-30(22-26-34)36-18-10-12-28-42-36/h3-28H,1-2H3. The number of hydrogen-bond acceptors (Lipinski definition) is 2. The molecule has 43 heavy (non-hydrogen) atoms. The predicted molar refractivity (Wildman–Crippen MR) is 183 cm³/mol. The van der Waals surface area contributed by atoms with E-state index in [1.165, 1.54) is 43.8 Å². The van der Waals surface area contributed by atoms with Crippen LogP contribution in [0, 0.1) is 0 Å². The molecular formula is C40H32N2Si. The molecule has 7 rings (SSSR count). The normalized spacial score (nSPS) is 14.3. The molecule has 0 unspecified atom stereocenters. The van der Waals surface area contributed by atoms with Gasteiger partial charge in [-0.05, 0) is 68.1 Å². The molecule has 1 aliphatic heterocycles. The van der Waals surface area contributed by atoms with Crippen LogP contribution in [0.4, 0.5) is 0 Å². The molecule has 0 bridgehead atoms. The van der Waals surface area contributed by atoms with Gasteiger partial charge >= 0.3 is 0 Å². The minimum atomic E-state index is -2.24. The van der Waals surface area contributed by atoms with E-state index in [0.717, 1.165) is 22.5 Å². The average Bonchev–Trinajstić information content (AvgIpc) is 3.33. The van der Waals surface area contributed by atoms with E-state index < -0.39 is 8.07 Å². The van der Waals surface area contributed by atoms with Gasteiger partial charge in [0.15, 0.2) is 0 Å². The smallest absolute Gasteiger partial charge is 0.115 e. The van der Waals surface area contributed by atoms with Crippen LogP contribution < -0.4 is 0 Å². The van der Waals surface area contributed by atoms with Gasteiger partial charge in [-0.25, -0.2) is 0 Å². The lowest BCUT2D eigenvalue weighted by molar-refractivity contribution is 1.33. The lowest BCUT2D eigenvalue weighted by Gasteiger charge is -2.27. The van der Waals surface area contributed by atoms with Crippen LogP contribution in [0.15, 0.2) is 158 Å². The molecule has 3 heteroatoms. The quantitative estimate of drug-likeness (QED) is 0.187. The molecule has 0 saturated carbocycles. The van der Waals surface area contributed by atoms with Crippen molar-refractivity contribution in [1.82, 2.24) is 9.97 Å². The Balaban J connectivity index is 1.45. The highest BCUT2D eigenvalue weighted by Crippen LogP contribution is 2.55. The third-order valence-corrected chi connectivity index (χ3v) is 12.0. The number of hydrogen-bond donors (Lipinski definition) is 0. The summed E-state index contributed by atoms with van der Waals surface area (Å²) in [6.45, 7) is 5.02. The zero-order chi connectivity index (χ0) is 29.2. The molecule has 2 aromatic heterocycles. The minimum Gasteiger partial charge on any atom is -0.256 e. The van der Waals surface area contributed by atoms with E-state index in [4.69, 9.17) is 0 Å². The molecule has 4 aromatic carbocycles. The molecule has 0 saturated heterocycles. The van der Waals surface area contributed by atoms with Crippen LogP contribution in [0.3, 0.4) is 0 Å². The van der Waals surface area contributed by atoms with Crippen LogP contribution in [-0.4, -0.2) is 18.0 Å². The fourth-order valence-corrected chi connectivity index (χ4v) is 10.3. The Bertz CT molecular complexity index is 1780. The predicted octanol–water partition coefficient (Wildman–Crippen LogP) is 10.1. The van der Waals surface area contributed by atoms with Gasteiger partial charge in [0.2, 0.25) is 0 Å². The summed E-state index contributed by atoms with van der Waals surface area (Å²) in [5, 5.41) is 2.93. The maximum atomic E-state index is 4.58. The highest BCUT2D eigenvalue weighted by molar-refractivity contribution is 7.13. The molecule has 6 aromatic rings. The SMILES string of the molecule is C[Si]1(C)C(c2ccc(-c3ccccn3)cc2)=C(c2ccccc2)C(c2ccccc2)=C1c1ccc(-c2ccccn2)cc1. The number of pyridine rings is 2. The Morgan fingerprint density at radius 2 is 0.698 bits per heavy atom. The van der Waals surface area contributed by atoms with Gasteiger partial charge in [0.1, 0.15) is 8.07 Å². The molecule has 0 aliphatic carbocycles. The first-order chi connectivity index (χ1) is 21.1. The topological polar surface area (TPSA) is 25.8 Å². The second-order valence-corrected chi connectivity index (χ2v) is 15.7. The van der Waals surface area contributed by atoms with E-state index in [1.54, 1.807) is 0 Å². The van der Waals surface area contributed by atoms with Crippen LogP contribution in [-0.2, 0) is 0 Å². The van der Waals surface area contributed by atoms with Crippen LogP contribution >= 0.6 is 0 Å². The van der Waals surface area contributed by atoms with E-state index >= 15 is 0 Å². The van der Waals surface area contributed by atoms with Crippen molar-refractivity contribution < 1.29 is 0 Å². The molecule has 0 radical (unpaired) electrons. The van der Waals surface area contributed by atoms with E-state index in [1.807, 2.05) is 36.7 Å². The Kier molecular flexibility index (Phi) is 7.02. The molecule has 0 fully saturated rings. The van der Waals surface area contributed by atoms with Crippen molar-refractivity contribution in [3.05, 3.63) is 180 Å². The van der Waals surface area contributed by atoms with Crippen LogP contribution in [0.5, 0.6) is 0 Å². The largest absolute Gasteiger partial charge is 0.256 e. The fraction of sp³-hybridized carbons (Fsp3) is 0.0500. The monoisotopic (exact) mass is 568 g/mol. The summed E-state index contributed by atoms with van der Waals surface area (Å²) in [5.74, 6) is 0. The Morgan fingerprint density at radius 3 is 1.05 bits per heavy atom. The molecule has 0 amide bonds. The Morgan fingerprint density at radius 1 is 0.349 bits per heavy atom. The van der Waals surface area contributed by atoms with Crippen LogP contribution in [0.2, 0.25) is 13.1 Å². The molecule has 0 spiro atoms. The molecule has 0 atom stereocenters. The van der Waals surface area contributed by atoms with Crippen molar-refractivity contribution in [3.8, 4) is 22.5 Å². The van der Waals surface area contributed by atoms with Crippen molar-refractivity contribution in [1.29, 1.82) is 0 Å². The summed E-state index contributed by atoms with van der Waals surface area (Å²) in [7, 11) is -2.24. The summed E-state index contributed by atoms with van der Waals surface area (Å²) in [6.07, 6.45) is 3.71. The molecular weight excluding hydrogens is 537 g/mol. The van der Waals surface area contributed by atoms with Crippen molar-refractivity contribution >= 4 is 29.6 Å². The van der Waals surface area contributed by atoms with Crippen molar-refractivity contribution in [2.45, 2.75) is 13.1 Å². The third-order valence-electron chi connectivity index (χ3n) is 8.39. The van der Waals surface area contributed by atoms with Crippen molar-refractivity contribution in [2.24, 2.45) is 0 Å². The summed E-state index contributed by atoms with van der Waals surface area (Å²) in [5.41, 5.74) is 12.0. The van der Waals surface area contributed by atoms with Gasteiger partial charge in [-0.1, -0.05) is 134 Å². The van der Waals surface area contributed by atoms with E-state index in [0.29, 0.717) is 0 Å². The zero-order valence-electron chi connectivity index (χ0n) is 24.4. The first-order valence-electron chi connectivity index (χ1n) is 14.8. The highest BCUT2D eigenvalue weighted by Gasteiger charge is 2.43. The van der Waals surface area contributed by atoms with E-state index in [9.17, 15) is 0 Å². The van der Waals surface area contributed by atoms with Gasteiger partial charge in [-0.3, -0.25) is 9.97 Å². The average molecular weight is 569 g/mol. The second kappa shape index (κ2) is 11.3. The zero-order valence-corrected chi connectivity index (χ0v) is 25.4. The van der Waals surface area contributed by atoms with E-state index in [2.05, 4.69) is 144 Å². The number of benzene rings is 4. The van der Waals surface area contributed by atoms with Crippen molar-refractivity contribution in [2.75, 3.05) is 0 Å². The number of allylic oxidation sites excluding steroid dienone is 2. The van der Waals surface area contributed by atoms with Gasteiger partial charge in [-0.2, -0.15) is 0 Å². The summed E-state index contributed by atoms with van der Waals surface area (Å²) < 4.78 is 0. The Hall–Kier alpha value is -5.12. The van der Waals surface area contributed by atoms with Crippen molar-refractivity contribution in [3.63, 3.8) is 0 Å². The molecule has 0 N–H and O–H groups in total. The lowest BCUT2D eigenvalue weighted by atomic mass is 9.89. The summed E-state index contributed by atoms with van der Waals surface area (Å²) in [6, 6.07) is 52.1. The maximum absolute atomic E-state index is 4.58.